The van der Waals surface area contributed by atoms with Crippen LogP contribution in [0.25, 0.3) is 0 Å². The molecule has 1 aliphatic heterocycles. The molecular weight excluding hydrogens is 488 g/mol. The Labute approximate surface area is 211 Å². The minimum absolute atomic E-state index is 0.0996. The molecule has 0 bridgehead atoms. The van der Waals surface area contributed by atoms with Gasteiger partial charge in [0, 0.05) is 18.1 Å². The third-order valence-corrected chi connectivity index (χ3v) is 8.48. The summed E-state index contributed by atoms with van der Waals surface area (Å²) in [5.41, 5.74) is 2.93. The molecule has 1 atom stereocenters. The minimum Gasteiger partial charge on any atom is -0.493 e. The highest BCUT2D eigenvalue weighted by Gasteiger charge is 2.25. The van der Waals surface area contributed by atoms with Crippen molar-refractivity contribution in [1.29, 1.82) is 0 Å². The van der Waals surface area contributed by atoms with E-state index in [0.29, 0.717) is 15.8 Å². The molecule has 5 nitrogen and oxygen atoms in total. The van der Waals surface area contributed by atoms with E-state index in [1.54, 1.807) is 22.1 Å². The SMILES string of the molecule is O=c1[nH]n(C(c2ccc(CC3CCOCC3)cc2)c2ccsc2)c(O)c1Sc1ccccc1Cl. The van der Waals surface area contributed by atoms with Crippen molar-refractivity contribution in [2.75, 3.05) is 13.2 Å². The fraction of sp³-hybridized carbons (Fsp3) is 0.269. The molecule has 8 heteroatoms. The number of hydrogen-bond donors (Lipinski definition) is 2. The van der Waals surface area contributed by atoms with Crippen molar-refractivity contribution < 1.29 is 9.84 Å². The van der Waals surface area contributed by atoms with Crippen LogP contribution in [-0.4, -0.2) is 28.1 Å². The van der Waals surface area contributed by atoms with Gasteiger partial charge in [-0.05, 0) is 70.8 Å². The zero-order chi connectivity index (χ0) is 23.5. The highest BCUT2D eigenvalue weighted by Crippen LogP contribution is 2.39. The number of rotatable bonds is 7. The van der Waals surface area contributed by atoms with Crippen LogP contribution in [0.15, 0.2) is 79.9 Å². The number of aromatic nitrogens is 2. The van der Waals surface area contributed by atoms with Gasteiger partial charge in [0.15, 0.2) is 0 Å². The molecule has 5 rings (SSSR count). The molecule has 0 spiro atoms. The van der Waals surface area contributed by atoms with Gasteiger partial charge in [-0.2, -0.15) is 11.3 Å². The molecule has 2 N–H and O–H groups in total. The zero-order valence-corrected chi connectivity index (χ0v) is 20.8. The summed E-state index contributed by atoms with van der Waals surface area (Å²) in [5.74, 6) is 0.555. The van der Waals surface area contributed by atoms with E-state index < -0.39 is 0 Å². The number of benzene rings is 2. The van der Waals surface area contributed by atoms with Crippen LogP contribution in [0.4, 0.5) is 0 Å². The van der Waals surface area contributed by atoms with Crippen LogP contribution >= 0.6 is 34.7 Å². The molecule has 1 fully saturated rings. The van der Waals surface area contributed by atoms with E-state index in [4.69, 9.17) is 16.3 Å². The summed E-state index contributed by atoms with van der Waals surface area (Å²) < 4.78 is 7.03. The molecule has 0 amide bonds. The van der Waals surface area contributed by atoms with Crippen LogP contribution < -0.4 is 5.56 Å². The summed E-state index contributed by atoms with van der Waals surface area (Å²) in [6.07, 6.45) is 3.24. The number of ether oxygens (including phenoxy) is 1. The number of thiophene rings is 1. The maximum absolute atomic E-state index is 12.8. The molecule has 1 unspecified atom stereocenters. The Kier molecular flexibility index (Phi) is 7.15. The number of hydrogen-bond acceptors (Lipinski definition) is 5. The van der Waals surface area contributed by atoms with Gasteiger partial charge in [0.05, 0.1) is 5.02 Å². The lowest BCUT2D eigenvalue weighted by Crippen LogP contribution is -2.18. The number of aromatic amines is 1. The van der Waals surface area contributed by atoms with Gasteiger partial charge in [0.2, 0.25) is 5.88 Å². The molecular formula is C26H25ClN2O3S2. The summed E-state index contributed by atoms with van der Waals surface area (Å²) in [7, 11) is 0. The van der Waals surface area contributed by atoms with Crippen LogP contribution in [0.3, 0.4) is 0 Å². The average molecular weight is 513 g/mol. The van der Waals surface area contributed by atoms with E-state index in [2.05, 4.69) is 29.4 Å². The Balaban J connectivity index is 1.47. The predicted molar refractivity (Wildman–Crippen MR) is 138 cm³/mol. The van der Waals surface area contributed by atoms with Gasteiger partial charge in [-0.15, -0.1) is 0 Å². The summed E-state index contributed by atoms with van der Waals surface area (Å²) in [6, 6.07) is 17.4. The highest BCUT2D eigenvalue weighted by molar-refractivity contribution is 7.99. The summed E-state index contributed by atoms with van der Waals surface area (Å²) in [6.45, 7) is 1.69. The first-order valence-corrected chi connectivity index (χ1v) is 13.4. The van der Waals surface area contributed by atoms with E-state index in [0.717, 1.165) is 43.6 Å². The first-order valence-electron chi connectivity index (χ1n) is 11.2. The van der Waals surface area contributed by atoms with Crippen molar-refractivity contribution in [3.63, 3.8) is 0 Å². The second-order valence-corrected chi connectivity index (χ2v) is 10.7. The third kappa shape index (κ3) is 4.98. The number of halogens is 1. The van der Waals surface area contributed by atoms with Gasteiger partial charge in [-0.1, -0.05) is 59.8 Å². The normalized spacial score (nSPS) is 15.4. The minimum atomic E-state index is -0.350. The van der Waals surface area contributed by atoms with E-state index in [1.807, 2.05) is 35.0 Å². The van der Waals surface area contributed by atoms with Crippen LogP contribution in [-0.2, 0) is 11.2 Å². The molecule has 176 valence electrons. The molecule has 2 aromatic carbocycles. The molecule has 34 heavy (non-hydrogen) atoms. The van der Waals surface area contributed by atoms with Gasteiger partial charge in [-0.3, -0.25) is 9.89 Å². The number of nitrogens with zero attached hydrogens (tertiary/aromatic N) is 1. The Morgan fingerprint density at radius 1 is 1.12 bits per heavy atom. The Bertz CT molecular complexity index is 1290. The van der Waals surface area contributed by atoms with Crippen molar-refractivity contribution in [1.82, 2.24) is 9.78 Å². The van der Waals surface area contributed by atoms with Crippen molar-refractivity contribution in [3.8, 4) is 5.88 Å². The van der Waals surface area contributed by atoms with Crippen molar-refractivity contribution >= 4 is 34.7 Å². The van der Waals surface area contributed by atoms with Crippen molar-refractivity contribution in [3.05, 3.63) is 97.4 Å². The van der Waals surface area contributed by atoms with Crippen molar-refractivity contribution in [2.45, 2.75) is 35.1 Å². The molecule has 2 aromatic heterocycles. The van der Waals surface area contributed by atoms with Gasteiger partial charge < -0.3 is 9.84 Å². The maximum atomic E-state index is 12.8. The quantitative estimate of drug-likeness (QED) is 0.302. The zero-order valence-electron chi connectivity index (χ0n) is 18.4. The molecule has 1 aliphatic rings. The monoisotopic (exact) mass is 512 g/mol. The van der Waals surface area contributed by atoms with Gasteiger partial charge in [0.1, 0.15) is 10.9 Å². The van der Waals surface area contributed by atoms with Crippen LogP contribution in [0, 0.1) is 5.92 Å². The fourth-order valence-electron chi connectivity index (χ4n) is 4.38. The maximum Gasteiger partial charge on any atom is 0.282 e. The lowest BCUT2D eigenvalue weighted by Gasteiger charge is -2.23. The lowest BCUT2D eigenvalue weighted by molar-refractivity contribution is 0.0665. The van der Waals surface area contributed by atoms with Crippen LogP contribution in [0.5, 0.6) is 5.88 Å². The summed E-state index contributed by atoms with van der Waals surface area (Å²) in [4.78, 5) is 13.8. The second kappa shape index (κ2) is 10.4. The smallest absolute Gasteiger partial charge is 0.282 e. The first-order chi connectivity index (χ1) is 16.6. The van der Waals surface area contributed by atoms with Gasteiger partial charge in [-0.25, -0.2) is 4.68 Å². The first kappa shape index (κ1) is 23.3. The molecule has 1 saturated heterocycles. The largest absolute Gasteiger partial charge is 0.493 e. The second-order valence-electron chi connectivity index (χ2n) is 8.46. The Morgan fingerprint density at radius 3 is 2.59 bits per heavy atom. The lowest BCUT2D eigenvalue weighted by atomic mass is 9.91. The molecule has 4 aromatic rings. The fourth-order valence-corrected chi connectivity index (χ4v) is 6.17. The van der Waals surface area contributed by atoms with E-state index in [-0.39, 0.29) is 22.4 Å². The van der Waals surface area contributed by atoms with Gasteiger partial charge >= 0.3 is 0 Å². The number of aromatic hydroxyl groups is 1. The summed E-state index contributed by atoms with van der Waals surface area (Å²) >= 11 is 9.03. The molecule has 0 saturated carbocycles. The van der Waals surface area contributed by atoms with Crippen LogP contribution in [0.1, 0.15) is 35.6 Å². The topological polar surface area (TPSA) is 67.2 Å². The molecule has 0 aliphatic carbocycles. The van der Waals surface area contributed by atoms with E-state index >= 15 is 0 Å². The average Bonchev–Trinajstić information content (AvgIpc) is 3.47. The molecule has 0 radical (unpaired) electrons. The standard InChI is InChI=1S/C26H25ClN2O3S2/c27-21-3-1-2-4-22(21)34-24-25(30)28-29(26(24)31)23(20-11-14-33-16-20)19-7-5-17(6-8-19)15-18-9-12-32-13-10-18/h1-8,11,14,16,18,23,31H,9-10,12-13,15H2,(H,28,30). The van der Waals surface area contributed by atoms with Crippen molar-refractivity contribution in [2.24, 2.45) is 5.92 Å². The third-order valence-electron chi connectivity index (χ3n) is 6.19. The number of nitrogens with one attached hydrogen (secondary N) is 1. The summed E-state index contributed by atoms with van der Waals surface area (Å²) in [5, 5.41) is 18.6. The Hall–Kier alpha value is -2.45. The van der Waals surface area contributed by atoms with E-state index in [9.17, 15) is 9.90 Å². The predicted octanol–water partition coefficient (Wildman–Crippen LogP) is 6.35. The van der Waals surface area contributed by atoms with E-state index in [1.165, 1.54) is 17.3 Å². The van der Waals surface area contributed by atoms with Crippen LogP contribution in [0.2, 0.25) is 5.02 Å². The number of H-pyrrole nitrogens is 1. The highest BCUT2D eigenvalue weighted by atomic mass is 35.5. The van der Waals surface area contributed by atoms with Gasteiger partial charge in [0.25, 0.3) is 5.56 Å². The molecule has 3 heterocycles. The Morgan fingerprint density at radius 2 is 1.88 bits per heavy atom.